The Hall–Kier alpha value is -1.54. The van der Waals surface area contributed by atoms with E-state index in [0.29, 0.717) is 0 Å². The molecule has 1 amide bonds. The zero-order valence-electron chi connectivity index (χ0n) is 11.8. The maximum Gasteiger partial charge on any atom is 0.335 e. The summed E-state index contributed by atoms with van der Waals surface area (Å²) in [5.74, 6) is -1.84. The standard InChI is InChI=1S/C13H15NO5S2/c1-13(2,20-3)7-14-11(15)9-5-4-8(12(16)17)6-10(9)21(14,18)19/h4-6H,7H2,1-3H3,(H,16,17). The average molecular weight is 329 g/mol. The van der Waals surface area contributed by atoms with Gasteiger partial charge in [0.25, 0.3) is 15.9 Å². The van der Waals surface area contributed by atoms with Crippen LogP contribution in [0.2, 0.25) is 0 Å². The lowest BCUT2D eigenvalue weighted by Gasteiger charge is -2.27. The van der Waals surface area contributed by atoms with Gasteiger partial charge in [0, 0.05) is 4.75 Å². The van der Waals surface area contributed by atoms with E-state index in [2.05, 4.69) is 0 Å². The zero-order valence-corrected chi connectivity index (χ0v) is 13.4. The number of hydrogen-bond acceptors (Lipinski definition) is 5. The lowest BCUT2D eigenvalue weighted by Crippen LogP contribution is -2.40. The first-order chi connectivity index (χ1) is 9.60. The molecule has 8 heteroatoms. The van der Waals surface area contributed by atoms with Crippen LogP contribution >= 0.6 is 11.8 Å². The van der Waals surface area contributed by atoms with Crippen molar-refractivity contribution in [1.82, 2.24) is 4.31 Å². The summed E-state index contributed by atoms with van der Waals surface area (Å²) in [4.78, 5) is 23.0. The van der Waals surface area contributed by atoms with Crippen molar-refractivity contribution in [3.8, 4) is 0 Å². The number of benzene rings is 1. The predicted molar refractivity (Wildman–Crippen MR) is 79.2 cm³/mol. The van der Waals surface area contributed by atoms with Crippen molar-refractivity contribution in [3.63, 3.8) is 0 Å². The van der Waals surface area contributed by atoms with Crippen LogP contribution in [0.25, 0.3) is 0 Å². The largest absolute Gasteiger partial charge is 0.478 e. The molecule has 1 N–H and O–H groups in total. The van der Waals surface area contributed by atoms with Crippen molar-refractivity contribution < 1.29 is 23.1 Å². The first-order valence-corrected chi connectivity index (χ1v) is 8.76. The first-order valence-electron chi connectivity index (χ1n) is 6.10. The molecule has 21 heavy (non-hydrogen) atoms. The maximum absolute atomic E-state index is 12.5. The number of rotatable bonds is 4. The molecule has 1 aromatic carbocycles. The van der Waals surface area contributed by atoms with Gasteiger partial charge in [0.2, 0.25) is 0 Å². The third kappa shape index (κ3) is 2.65. The van der Waals surface area contributed by atoms with E-state index >= 15 is 0 Å². The highest BCUT2D eigenvalue weighted by molar-refractivity contribution is 8.00. The van der Waals surface area contributed by atoms with E-state index in [1.54, 1.807) is 0 Å². The van der Waals surface area contributed by atoms with E-state index in [-0.39, 0.29) is 22.6 Å². The molecule has 0 radical (unpaired) electrons. The van der Waals surface area contributed by atoms with Crippen LogP contribution < -0.4 is 0 Å². The number of carbonyl (C=O) groups excluding carboxylic acids is 1. The van der Waals surface area contributed by atoms with Gasteiger partial charge in [0.1, 0.15) is 4.90 Å². The second-order valence-electron chi connectivity index (χ2n) is 5.30. The first kappa shape index (κ1) is 15.8. The lowest BCUT2D eigenvalue weighted by molar-refractivity contribution is 0.0695. The van der Waals surface area contributed by atoms with Gasteiger partial charge in [-0.1, -0.05) is 0 Å². The molecular formula is C13H15NO5S2. The predicted octanol–water partition coefficient (Wildman–Crippen LogP) is 1.67. The normalized spacial score (nSPS) is 16.9. The molecular weight excluding hydrogens is 314 g/mol. The maximum atomic E-state index is 12.5. The summed E-state index contributed by atoms with van der Waals surface area (Å²) in [6.45, 7) is 3.71. The van der Waals surface area contributed by atoms with Crippen LogP contribution in [0, 0.1) is 0 Å². The molecule has 114 valence electrons. The second-order valence-corrected chi connectivity index (χ2v) is 8.64. The Labute approximate surface area is 127 Å². The lowest BCUT2D eigenvalue weighted by atomic mass is 10.1. The van der Waals surface area contributed by atoms with Crippen LogP contribution in [0.3, 0.4) is 0 Å². The Balaban J connectivity index is 2.52. The van der Waals surface area contributed by atoms with E-state index in [4.69, 9.17) is 5.11 Å². The number of amides is 1. The van der Waals surface area contributed by atoms with Crippen molar-refractivity contribution in [2.24, 2.45) is 0 Å². The molecule has 0 saturated carbocycles. The van der Waals surface area contributed by atoms with Gasteiger partial charge in [-0.15, -0.1) is 0 Å². The van der Waals surface area contributed by atoms with Crippen LogP contribution in [0.5, 0.6) is 0 Å². The molecule has 0 fully saturated rings. The summed E-state index contributed by atoms with van der Waals surface area (Å²) in [5.41, 5.74) is -0.131. The van der Waals surface area contributed by atoms with Crippen LogP contribution in [-0.4, -0.2) is 47.3 Å². The topological polar surface area (TPSA) is 91.8 Å². The van der Waals surface area contributed by atoms with Crippen LogP contribution in [0.4, 0.5) is 0 Å². The van der Waals surface area contributed by atoms with Crippen molar-refractivity contribution >= 4 is 33.7 Å². The van der Waals surface area contributed by atoms with Gasteiger partial charge in [-0.25, -0.2) is 17.5 Å². The fourth-order valence-corrected chi connectivity index (χ4v) is 4.07. The number of carboxylic acid groups (broad SMARTS) is 1. The fourth-order valence-electron chi connectivity index (χ4n) is 1.97. The molecule has 1 aliphatic rings. The highest BCUT2D eigenvalue weighted by atomic mass is 32.2. The molecule has 6 nitrogen and oxygen atoms in total. The number of sulfonamides is 1. The minimum Gasteiger partial charge on any atom is -0.478 e. The average Bonchev–Trinajstić information content (AvgIpc) is 2.59. The number of nitrogens with zero attached hydrogens (tertiary/aromatic N) is 1. The zero-order chi connectivity index (χ0) is 16.0. The van der Waals surface area contributed by atoms with Gasteiger partial charge in [-0.05, 0) is 38.3 Å². The Bertz CT molecular complexity index is 724. The molecule has 0 spiro atoms. The molecule has 1 aromatic rings. The van der Waals surface area contributed by atoms with E-state index < -0.39 is 26.6 Å². The molecule has 0 saturated heterocycles. The SMILES string of the molecule is CSC(C)(C)CN1C(=O)c2ccc(C(=O)O)cc2S1(=O)=O. The summed E-state index contributed by atoms with van der Waals surface area (Å²) < 4.78 is 25.3. The highest BCUT2D eigenvalue weighted by Gasteiger charge is 2.43. The van der Waals surface area contributed by atoms with Crippen molar-refractivity contribution in [3.05, 3.63) is 29.3 Å². The van der Waals surface area contributed by atoms with Gasteiger partial charge >= 0.3 is 5.97 Å². The second kappa shape index (κ2) is 5.03. The van der Waals surface area contributed by atoms with Crippen molar-refractivity contribution in [2.45, 2.75) is 23.5 Å². The van der Waals surface area contributed by atoms with E-state index in [1.807, 2.05) is 20.1 Å². The van der Waals surface area contributed by atoms with E-state index in [1.165, 1.54) is 23.9 Å². The van der Waals surface area contributed by atoms with E-state index in [9.17, 15) is 18.0 Å². The van der Waals surface area contributed by atoms with Gasteiger partial charge in [-0.2, -0.15) is 11.8 Å². The monoisotopic (exact) mass is 329 g/mol. The summed E-state index contributed by atoms with van der Waals surface area (Å²) in [6.07, 6.45) is 1.84. The molecule has 0 atom stereocenters. The highest BCUT2D eigenvalue weighted by Crippen LogP contribution is 2.34. The molecule has 0 aromatic heterocycles. The van der Waals surface area contributed by atoms with Crippen molar-refractivity contribution in [2.75, 3.05) is 12.8 Å². The summed E-state index contributed by atoms with van der Waals surface area (Å²) in [7, 11) is -3.99. The molecule has 0 bridgehead atoms. The summed E-state index contributed by atoms with van der Waals surface area (Å²) in [5, 5.41) is 8.95. The number of fused-ring (bicyclic) bond motifs is 1. The third-order valence-corrected chi connectivity index (χ3v) is 6.33. The van der Waals surface area contributed by atoms with Crippen LogP contribution in [-0.2, 0) is 10.0 Å². The van der Waals surface area contributed by atoms with Crippen LogP contribution in [0.15, 0.2) is 23.1 Å². The molecule has 0 aliphatic carbocycles. The van der Waals surface area contributed by atoms with Gasteiger partial charge in [-0.3, -0.25) is 4.79 Å². The minimum absolute atomic E-state index is 0.0249. The van der Waals surface area contributed by atoms with Gasteiger partial charge in [0.15, 0.2) is 0 Å². The molecule has 1 aliphatic heterocycles. The van der Waals surface area contributed by atoms with Crippen molar-refractivity contribution in [1.29, 1.82) is 0 Å². The molecule has 1 heterocycles. The quantitative estimate of drug-likeness (QED) is 0.903. The van der Waals surface area contributed by atoms with Gasteiger partial charge < -0.3 is 5.11 Å². The Morgan fingerprint density at radius 2 is 2.00 bits per heavy atom. The number of thioether (sulfide) groups is 1. The number of carboxylic acids is 1. The summed E-state index contributed by atoms with van der Waals surface area (Å²) >= 11 is 1.45. The number of carbonyl (C=O) groups is 2. The van der Waals surface area contributed by atoms with Gasteiger partial charge in [0.05, 0.1) is 17.7 Å². The smallest absolute Gasteiger partial charge is 0.335 e. The number of hydrogen-bond donors (Lipinski definition) is 1. The fraction of sp³-hybridized carbons (Fsp3) is 0.385. The van der Waals surface area contributed by atoms with E-state index in [0.717, 1.165) is 10.4 Å². The van der Waals surface area contributed by atoms with Crippen LogP contribution in [0.1, 0.15) is 34.6 Å². The minimum atomic E-state index is -3.99. The Morgan fingerprint density at radius 3 is 2.52 bits per heavy atom. The molecule has 0 unspecified atom stereocenters. The third-order valence-electron chi connectivity index (χ3n) is 3.33. The Morgan fingerprint density at radius 1 is 1.38 bits per heavy atom. The summed E-state index contributed by atoms with van der Waals surface area (Å²) in [6, 6.07) is 3.53. The number of aromatic carboxylic acids is 1. The Kier molecular flexibility index (Phi) is 3.79. The molecule has 2 rings (SSSR count).